The predicted octanol–water partition coefficient (Wildman–Crippen LogP) is 1.42. The molecule has 3 atom stereocenters. The first-order valence-electron chi connectivity index (χ1n) is 6.01. The molecule has 0 saturated carbocycles. The number of aliphatic hydroxyl groups excluding tert-OH is 2. The lowest BCUT2D eigenvalue weighted by Crippen LogP contribution is -2.41. The standard InChI is InChI=1S/C12H25NO4/c1-6-9(7-10(15)8(2)14)13-11(16)17-12(3,4)5/h8-10,14-15H,6-7H2,1-5H3,(H,13,16)/t8-,9-,10-/m1/s1. The van der Waals surface area contributed by atoms with E-state index in [2.05, 4.69) is 5.32 Å². The molecule has 5 heteroatoms. The van der Waals surface area contributed by atoms with E-state index in [1.165, 1.54) is 6.92 Å². The normalized spacial score (nSPS) is 17.1. The van der Waals surface area contributed by atoms with Crippen molar-refractivity contribution in [1.82, 2.24) is 5.32 Å². The van der Waals surface area contributed by atoms with E-state index in [4.69, 9.17) is 4.74 Å². The SMILES string of the molecule is CC[C@H](C[C@@H](O)[C@@H](C)O)NC(=O)OC(C)(C)C. The van der Waals surface area contributed by atoms with Gasteiger partial charge in [0.05, 0.1) is 12.2 Å². The van der Waals surface area contributed by atoms with Gasteiger partial charge in [-0.2, -0.15) is 0 Å². The number of carbonyl (C=O) groups is 1. The van der Waals surface area contributed by atoms with Crippen molar-refractivity contribution in [2.75, 3.05) is 0 Å². The lowest BCUT2D eigenvalue weighted by molar-refractivity contribution is 0.0159. The summed E-state index contributed by atoms with van der Waals surface area (Å²) in [4.78, 5) is 11.5. The summed E-state index contributed by atoms with van der Waals surface area (Å²) in [6.45, 7) is 8.79. The van der Waals surface area contributed by atoms with Crippen molar-refractivity contribution in [2.24, 2.45) is 0 Å². The molecular weight excluding hydrogens is 222 g/mol. The molecule has 102 valence electrons. The molecule has 0 aromatic rings. The van der Waals surface area contributed by atoms with Gasteiger partial charge >= 0.3 is 6.09 Å². The zero-order valence-corrected chi connectivity index (χ0v) is 11.4. The van der Waals surface area contributed by atoms with Crippen LogP contribution in [0.5, 0.6) is 0 Å². The molecule has 0 rings (SSSR count). The van der Waals surface area contributed by atoms with Crippen LogP contribution < -0.4 is 5.32 Å². The molecule has 17 heavy (non-hydrogen) atoms. The third-order valence-electron chi connectivity index (χ3n) is 2.30. The van der Waals surface area contributed by atoms with Crippen molar-refractivity contribution in [1.29, 1.82) is 0 Å². The largest absolute Gasteiger partial charge is 0.444 e. The molecule has 0 bridgehead atoms. The second-order valence-electron chi connectivity index (χ2n) is 5.30. The first-order chi connectivity index (χ1) is 7.65. The average Bonchev–Trinajstić information content (AvgIpc) is 2.13. The number of carbonyl (C=O) groups excluding carboxylic acids is 1. The monoisotopic (exact) mass is 247 g/mol. The molecule has 5 nitrogen and oxygen atoms in total. The van der Waals surface area contributed by atoms with Crippen LogP contribution in [0.1, 0.15) is 47.5 Å². The third-order valence-corrected chi connectivity index (χ3v) is 2.30. The highest BCUT2D eigenvalue weighted by Gasteiger charge is 2.21. The smallest absolute Gasteiger partial charge is 0.407 e. The molecule has 0 heterocycles. The minimum atomic E-state index is -0.838. The number of ether oxygens (including phenoxy) is 1. The van der Waals surface area contributed by atoms with Crippen molar-refractivity contribution in [3.63, 3.8) is 0 Å². The van der Waals surface area contributed by atoms with Crippen LogP contribution in [-0.4, -0.2) is 40.2 Å². The Morgan fingerprint density at radius 1 is 1.35 bits per heavy atom. The number of nitrogens with one attached hydrogen (secondary N) is 1. The van der Waals surface area contributed by atoms with E-state index in [1.807, 2.05) is 6.92 Å². The minimum Gasteiger partial charge on any atom is -0.444 e. The van der Waals surface area contributed by atoms with Gasteiger partial charge in [-0.15, -0.1) is 0 Å². The van der Waals surface area contributed by atoms with Crippen LogP contribution in [-0.2, 0) is 4.74 Å². The summed E-state index contributed by atoms with van der Waals surface area (Å²) < 4.78 is 5.12. The van der Waals surface area contributed by atoms with Crippen LogP contribution in [0.3, 0.4) is 0 Å². The molecular formula is C12H25NO4. The summed E-state index contributed by atoms with van der Waals surface area (Å²) in [5.41, 5.74) is -0.536. The number of rotatable bonds is 5. The number of alkyl carbamates (subject to hydrolysis) is 1. The van der Waals surface area contributed by atoms with Gasteiger partial charge in [-0.25, -0.2) is 4.79 Å². The first-order valence-corrected chi connectivity index (χ1v) is 6.01. The van der Waals surface area contributed by atoms with Crippen LogP contribution in [0, 0.1) is 0 Å². The highest BCUT2D eigenvalue weighted by atomic mass is 16.6. The number of amides is 1. The van der Waals surface area contributed by atoms with Crippen LogP contribution >= 0.6 is 0 Å². The highest BCUT2D eigenvalue weighted by molar-refractivity contribution is 5.68. The molecule has 0 aromatic heterocycles. The summed E-state index contributed by atoms with van der Waals surface area (Å²) >= 11 is 0. The Hall–Kier alpha value is -0.810. The van der Waals surface area contributed by atoms with E-state index in [0.717, 1.165) is 0 Å². The highest BCUT2D eigenvalue weighted by Crippen LogP contribution is 2.10. The number of hydrogen-bond donors (Lipinski definition) is 3. The van der Waals surface area contributed by atoms with Gasteiger partial charge < -0.3 is 20.3 Å². The molecule has 0 aliphatic heterocycles. The van der Waals surface area contributed by atoms with Gasteiger partial charge in [0.15, 0.2) is 0 Å². The fourth-order valence-electron chi connectivity index (χ4n) is 1.29. The number of hydrogen-bond acceptors (Lipinski definition) is 4. The van der Waals surface area contributed by atoms with E-state index >= 15 is 0 Å². The minimum absolute atomic E-state index is 0.200. The third kappa shape index (κ3) is 7.99. The molecule has 0 radical (unpaired) electrons. The van der Waals surface area contributed by atoms with Crippen molar-refractivity contribution in [3.8, 4) is 0 Å². The Kier molecular flexibility index (Phi) is 6.49. The van der Waals surface area contributed by atoms with E-state index in [-0.39, 0.29) is 6.04 Å². The summed E-state index contributed by atoms with van der Waals surface area (Å²) in [5.74, 6) is 0. The van der Waals surface area contributed by atoms with Crippen LogP contribution in [0.15, 0.2) is 0 Å². The zero-order chi connectivity index (χ0) is 13.6. The topological polar surface area (TPSA) is 78.8 Å². The zero-order valence-electron chi connectivity index (χ0n) is 11.4. The molecule has 3 N–H and O–H groups in total. The molecule has 0 fully saturated rings. The maximum atomic E-state index is 11.5. The molecule has 0 aromatic carbocycles. The van der Waals surface area contributed by atoms with E-state index in [1.54, 1.807) is 20.8 Å². The Balaban J connectivity index is 4.17. The molecule has 0 aliphatic rings. The molecule has 0 saturated heterocycles. The van der Waals surface area contributed by atoms with Gasteiger partial charge in [0.1, 0.15) is 5.60 Å². The van der Waals surface area contributed by atoms with Crippen LogP contribution in [0.4, 0.5) is 4.79 Å². The van der Waals surface area contributed by atoms with Gasteiger partial charge in [0.2, 0.25) is 0 Å². The van der Waals surface area contributed by atoms with E-state index in [9.17, 15) is 15.0 Å². The van der Waals surface area contributed by atoms with Crippen molar-refractivity contribution >= 4 is 6.09 Å². The van der Waals surface area contributed by atoms with Crippen LogP contribution in [0.2, 0.25) is 0 Å². The van der Waals surface area contributed by atoms with Crippen molar-refractivity contribution < 1.29 is 19.7 Å². The average molecular weight is 247 g/mol. The summed E-state index contributed by atoms with van der Waals surface area (Å²) in [6, 6.07) is -0.200. The maximum Gasteiger partial charge on any atom is 0.407 e. The van der Waals surface area contributed by atoms with Gasteiger partial charge in [-0.1, -0.05) is 6.92 Å². The van der Waals surface area contributed by atoms with Gasteiger partial charge in [0.25, 0.3) is 0 Å². The quantitative estimate of drug-likeness (QED) is 0.686. The van der Waals surface area contributed by atoms with Crippen molar-refractivity contribution in [2.45, 2.75) is 71.3 Å². The molecule has 0 aliphatic carbocycles. The lowest BCUT2D eigenvalue weighted by atomic mass is 10.0. The molecule has 0 spiro atoms. The maximum absolute atomic E-state index is 11.5. The second kappa shape index (κ2) is 6.81. The van der Waals surface area contributed by atoms with Gasteiger partial charge in [-0.3, -0.25) is 0 Å². The Morgan fingerprint density at radius 2 is 1.88 bits per heavy atom. The first kappa shape index (κ1) is 16.2. The number of aliphatic hydroxyl groups is 2. The second-order valence-corrected chi connectivity index (χ2v) is 5.30. The van der Waals surface area contributed by atoms with Crippen LogP contribution in [0.25, 0.3) is 0 Å². The summed E-state index contributed by atoms with van der Waals surface area (Å²) in [5, 5.41) is 21.4. The summed E-state index contributed by atoms with van der Waals surface area (Å²) in [7, 11) is 0. The Labute approximate surface area is 103 Å². The van der Waals surface area contributed by atoms with Crippen molar-refractivity contribution in [3.05, 3.63) is 0 Å². The molecule has 1 amide bonds. The fraction of sp³-hybridized carbons (Fsp3) is 0.917. The lowest BCUT2D eigenvalue weighted by Gasteiger charge is -2.25. The van der Waals surface area contributed by atoms with E-state index < -0.39 is 23.9 Å². The predicted molar refractivity (Wildman–Crippen MR) is 65.8 cm³/mol. The summed E-state index contributed by atoms with van der Waals surface area (Å²) in [6.07, 6.45) is -1.15. The van der Waals surface area contributed by atoms with Gasteiger partial charge in [0, 0.05) is 6.04 Å². The molecule has 0 unspecified atom stereocenters. The van der Waals surface area contributed by atoms with Gasteiger partial charge in [-0.05, 0) is 40.5 Å². The Bertz CT molecular complexity index is 235. The fourth-order valence-corrected chi connectivity index (χ4v) is 1.29. The van der Waals surface area contributed by atoms with E-state index in [0.29, 0.717) is 12.8 Å². The Morgan fingerprint density at radius 3 is 2.24 bits per heavy atom.